The van der Waals surface area contributed by atoms with Gasteiger partial charge in [-0.3, -0.25) is 4.90 Å². The number of nitrogens with zero attached hydrogens (tertiary/aromatic N) is 1. The normalized spacial score (nSPS) is 19.7. The summed E-state index contributed by atoms with van der Waals surface area (Å²) in [6, 6.07) is 7.36. The fraction of sp³-hybridized carbons (Fsp3) is 0.500. The number of carbonyl (C=O) groups is 1. The van der Waals surface area contributed by atoms with Crippen LogP contribution in [-0.2, 0) is 9.53 Å². The lowest BCUT2D eigenvalue weighted by Crippen LogP contribution is -2.62. The molecule has 2 rings (SSSR count). The van der Waals surface area contributed by atoms with E-state index in [0.29, 0.717) is 13.1 Å². The van der Waals surface area contributed by atoms with Crippen LogP contribution in [0.2, 0.25) is 0 Å². The number of carboxylic acid groups (broad SMARTS) is 1. The van der Waals surface area contributed by atoms with Crippen molar-refractivity contribution in [3.8, 4) is 5.75 Å². The maximum Gasteiger partial charge on any atom is 0.329 e. The molecule has 0 saturated carbocycles. The van der Waals surface area contributed by atoms with Crippen LogP contribution in [-0.4, -0.2) is 46.4 Å². The van der Waals surface area contributed by atoms with Crippen LogP contribution in [0.3, 0.4) is 0 Å². The van der Waals surface area contributed by atoms with Crippen molar-refractivity contribution < 1.29 is 19.7 Å². The van der Waals surface area contributed by atoms with Crippen molar-refractivity contribution in [2.45, 2.75) is 25.5 Å². The molecule has 0 radical (unpaired) electrons. The molecule has 5 heteroatoms. The van der Waals surface area contributed by atoms with Gasteiger partial charge in [-0.25, -0.2) is 4.79 Å². The third-order valence-electron chi connectivity index (χ3n) is 3.52. The van der Waals surface area contributed by atoms with E-state index in [1.54, 1.807) is 12.1 Å². The summed E-state index contributed by atoms with van der Waals surface area (Å²) in [6.07, 6.45) is 0. The summed E-state index contributed by atoms with van der Waals surface area (Å²) >= 11 is 0. The topological polar surface area (TPSA) is 70.0 Å². The van der Waals surface area contributed by atoms with Crippen LogP contribution in [0.1, 0.15) is 25.5 Å². The number of rotatable bonds is 5. The Bertz CT molecular complexity index is 468. The Morgan fingerprint density at radius 3 is 2.79 bits per heavy atom. The van der Waals surface area contributed by atoms with Gasteiger partial charge in [-0.2, -0.15) is 0 Å². The molecule has 19 heavy (non-hydrogen) atoms. The van der Waals surface area contributed by atoms with Crippen LogP contribution in [0.4, 0.5) is 0 Å². The number of hydrogen-bond donors (Lipinski definition) is 2. The van der Waals surface area contributed by atoms with E-state index < -0.39 is 5.97 Å². The highest BCUT2D eigenvalue weighted by atomic mass is 16.5. The van der Waals surface area contributed by atoms with Gasteiger partial charge < -0.3 is 14.9 Å². The Morgan fingerprint density at radius 2 is 2.21 bits per heavy atom. The molecule has 1 aliphatic heterocycles. The standard InChI is InChI=1S/C14H19NO4/c1-10(11-4-3-5-12(16)6-11)15-8-14(2,9-15)19-7-13(17)18/h3-6,10,16H,7-9H2,1-2H3,(H,17,18). The number of carboxylic acids is 1. The average molecular weight is 265 g/mol. The molecular weight excluding hydrogens is 246 g/mol. The number of aromatic hydroxyl groups is 1. The van der Waals surface area contributed by atoms with Crippen molar-refractivity contribution in [1.29, 1.82) is 0 Å². The summed E-state index contributed by atoms with van der Waals surface area (Å²) in [5.41, 5.74) is 0.656. The number of benzene rings is 1. The molecule has 1 aromatic carbocycles. The van der Waals surface area contributed by atoms with Gasteiger partial charge in [0.05, 0.1) is 5.60 Å². The molecule has 1 unspecified atom stereocenters. The van der Waals surface area contributed by atoms with Gasteiger partial charge in [-0.1, -0.05) is 12.1 Å². The number of phenolic OH excluding ortho intramolecular Hbond substituents is 1. The van der Waals surface area contributed by atoms with E-state index in [1.807, 2.05) is 19.1 Å². The predicted octanol–water partition coefficient (Wildman–Crippen LogP) is 1.63. The molecule has 5 nitrogen and oxygen atoms in total. The minimum atomic E-state index is -0.944. The van der Waals surface area contributed by atoms with Gasteiger partial charge in [-0.15, -0.1) is 0 Å². The Labute approximate surface area is 112 Å². The van der Waals surface area contributed by atoms with Crippen molar-refractivity contribution in [3.05, 3.63) is 29.8 Å². The van der Waals surface area contributed by atoms with Gasteiger partial charge in [0.2, 0.25) is 0 Å². The first-order valence-electron chi connectivity index (χ1n) is 6.28. The SMILES string of the molecule is CC(c1cccc(O)c1)N1CC(C)(OCC(=O)O)C1. The number of likely N-dealkylation sites (tertiary alicyclic amines) is 1. The summed E-state index contributed by atoms with van der Waals surface area (Å²) in [5, 5.41) is 18.1. The second-order valence-electron chi connectivity index (χ2n) is 5.31. The second-order valence-corrected chi connectivity index (χ2v) is 5.31. The molecule has 1 aliphatic rings. The van der Waals surface area contributed by atoms with Gasteiger partial charge >= 0.3 is 5.97 Å². The van der Waals surface area contributed by atoms with Crippen molar-refractivity contribution in [2.75, 3.05) is 19.7 Å². The maximum atomic E-state index is 10.5. The molecule has 1 aromatic rings. The van der Waals surface area contributed by atoms with E-state index in [0.717, 1.165) is 5.56 Å². The molecule has 0 aromatic heterocycles. The van der Waals surface area contributed by atoms with Crippen LogP contribution in [0.15, 0.2) is 24.3 Å². The summed E-state index contributed by atoms with van der Waals surface area (Å²) < 4.78 is 5.38. The van der Waals surface area contributed by atoms with Crippen molar-refractivity contribution >= 4 is 5.97 Å². The molecule has 0 bridgehead atoms. The average Bonchev–Trinajstić information content (AvgIpc) is 2.32. The molecule has 1 fully saturated rings. The van der Waals surface area contributed by atoms with E-state index in [-0.39, 0.29) is 24.0 Å². The Kier molecular flexibility index (Phi) is 3.78. The first-order valence-corrected chi connectivity index (χ1v) is 6.28. The summed E-state index contributed by atoms with van der Waals surface area (Å²) in [4.78, 5) is 12.7. The minimum Gasteiger partial charge on any atom is -0.508 e. The summed E-state index contributed by atoms with van der Waals surface area (Å²) in [7, 11) is 0. The molecule has 1 heterocycles. The number of ether oxygens (including phenoxy) is 1. The molecule has 0 spiro atoms. The fourth-order valence-corrected chi connectivity index (χ4v) is 2.41. The van der Waals surface area contributed by atoms with E-state index in [4.69, 9.17) is 9.84 Å². The third-order valence-corrected chi connectivity index (χ3v) is 3.52. The lowest BCUT2D eigenvalue weighted by molar-refractivity contribution is -0.169. The molecule has 2 N–H and O–H groups in total. The maximum absolute atomic E-state index is 10.5. The zero-order valence-electron chi connectivity index (χ0n) is 11.2. The first kappa shape index (κ1) is 13.8. The van der Waals surface area contributed by atoms with Gasteiger partial charge in [-0.05, 0) is 31.5 Å². The van der Waals surface area contributed by atoms with E-state index in [9.17, 15) is 9.90 Å². The van der Waals surface area contributed by atoms with Crippen LogP contribution in [0.25, 0.3) is 0 Å². The minimum absolute atomic E-state index is 0.175. The monoisotopic (exact) mass is 265 g/mol. The third kappa shape index (κ3) is 3.24. The Balaban J connectivity index is 1.91. The van der Waals surface area contributed by atoms with E-state index in [2.05, 4.69) is 11.8 Å². The summed E-state index contributed by atoms with van der Waals surface area (Å²) in [5.74, 6) is -0.685. The molecule has 1 atom stereocenters. The van der Waals surface area contributed by atoms with Crippen LogP contribution in [0.5, 0.6) is 5.75 Å². The number of hydrogen-bond acceptors (Lipinski definition) is 4. The second kappa shape index (κ2) is 5.19. The van der Waals surface area contributed by atoms with Gasteiger partial charge in [0.1, 0.15) is 12.4 Å². The van der Waals surface area contributed by atoms with Crippen molar-refractivity contribution in [3.63, 3.8) is 0 Å². The highest BCUT2D eigenvalue weighted by Crippen LogP contribution is 2.33. The molecule has 1 saturated heterocycles. The molecular formula is C14H19NO4. The van der Waals surface area contributed by atoms with Gasteiger partial charge in [0.15, 0.2) is 0 Å². The smallest absolute Gasteiger partial charge is 0.329 e. The van der Waals surface area contributed by atoms with E-state index >= 15 is 0 Å². The van der Waals surface area contributed by atoms with Gasteiger partial charge in [0.25, 0.3) is 0 Å². The van der Waals surface area contributed by atoms with Crippen LogP contribution >= 0.6 is 0 Å². The number of phenols is 1. The van der Waals surface area contributed by atoms with Gasteiger partial charge in [0, 0.05) is 19.1 Å². The largest absolute Gasteiger partial charge is 0.508 e. The zero-order chi connectivity index (χ0) is 14.0. The quantitative estimate of drug-likeness (QED) is 0.846. The predicted molar refractivity (Wildman–Crippen MR) is 70.1 cm³/mol. The van der Waals surface area contributed by atoms with Crippen molar-refractivity contribution in [1.82, 2.24) is 4.90 Å². The fourth-order valence-electron chi connectivity index (χ4n) is 2.41. The molecule has 0 aliphatic carbocycles. The first-order chi connectivity index (χ1) is 8.89. The molecule has 104 valence electrons. The number of aliphatic carboxylic acids is 1. The lowest BCUT2D eigenvalue weighted by atomic mass is 9.92. The van der Waals surface area contributed by atoms with Crippen LogP contribution < -0.4 is 0 Å². The van der Waals surface area contributed by atoms with Crippen molar-refractivity contribution in [2.24, 2.45) is 0 Å². The highest BCUT2D eigenvalue weighted by molar-refractivity contribution is 5.68. The zero-order valence-corrected chi connectivity index (χ0v) is 11.2. The Morgan fingerprint density at radius 1 is 1.53 bits per heavy atom. The Hall–Kier alpha value is -1.59. The molecule has 0 amide bonds. The summed E-state index contributed by atoms with van der Waals surface area (Å²) in [6.45, 7) is 5.10. The highest BCUT2D eigenvalue weighted by Gasteiger charge is 2.42. The lowest BCUT2D eigenvalue weighted by Gasteiger charge is -2.50. The van der Waals surface area contributed by atoms with Crippen LogP contribution in [0, 0.1) is 0 Å². The van der Waals surface area contributed by atoms with E-state index in [1.165, 1.54) is 0 Å².